The predicted octanol–water partition coefficient (Wildman–Crippen LogP) is 3.96. The molecule has 0 spiro atoms. The third-order valence-electron chi connectivity index (χ3n) is 4.20. The van der Waals surface area contributed by atoms with E-state index in [-0.39, 0.29) is 16.1 Å². The number of hydrogen-bond acceptors (Lipinski definition) is 5. The maximum absolute atomic E-state index is 12.5. The Morgan fingerprint density at radius 2 is 1.59 bits per heavy atom. The van der Waals surface area contributed by atoms with Crippen molar-refractivity contribution in [1.29, 1.82) is 0 Å². The van der Waals surface area contributed by atoms with Crippen LogP contribution in [-0.2, 0) is 10.0 Å². The van der Waals surface area contributed by atoms with Crippen LogP contribution in [0.25, 0.3) is 0 Å². The summed E-state index contributed by atoms with van der Waals surface area (Å²) in [6.07, 6.45) is 0. The molecule has 0 aromatic heterocycles. The first-order chi connectivity index (χ1) is 13.8. The third kappa shape index (κ3) is 4.58. The molecule has 0 fully saturated rings. The van der Waals surface area contributed by atoms with Crippen LogP contribution >= 0.6 is 0 Å². The highest BCUT2D eigenvalue weighted by Crippen LogP contribution is 2.25. The summed E-state index contributed by atoms with van der Waals surface area (Å²) in [5.41, 5.74) is 1.19. The van der Waals surface area contributed by atoms with Crippen molar-refractivity contribution >= 4 is 33.0 Å². The normalized spacial score (nSPS) is 10.9. The molecule has 0 saturated carbocycles. The molecule has 0 heterocycles. The van der Waals surface area contributed by atoms with E-state index < -0.39 is 20.9 Å². The Kier molecular flexibility index (Phi) is 5.60. The van der Waals surface area contributed by atoms with Gasteiger partial charge in [-0.2, -0.15) is 0 Å². The molecule has 3 aromatic carbocycles. The van der Waals surface area contributed by atoms with E-state index in [0.717, 1.165) is 0 Å². The van der Waals surface area contributed by atoms with Gasteiger partial charge in [0, 0.05) is 17.3 Å². The van der Waals surface area contributed by atoms with Crippen LogP contribution in [0.1, 0.15) is 15.9 Å². The van der Waals surface area contributed by atoms with Crippen LogP contribution in [0.3, 0.4) is 0 Å². The van der Waals surface area contributed by atoms with Gasteiger partial charge in [-0.1, -0.05) is 24.3 Å². The molecule has 0 aliphatic heterocycles. The van der Waals surface area contributed by atoms with Crippen molar-refractivity contribution in [2.75, 3.05) is 10.0 Å². The van der Waals surface area contributed by atoms with Crippen LogP contribution in [0, 0.1) is 17.0 Å². The molecule has 3 rings (SSSR count). The molecule has 9 heteroatoms. The summed E-state index contributed by atoms with van der Waals surface area (Å²) in [7, 11) is -3.79. The van der Waals surface area contributed by atoms with E-state index in [1.807, 2.05) is 0 Å². The molecule has 0 unspecified atom stereocenters. The number of amides is 1. The molecule has 3 aromatic rings. The average molecular weight is 411 g/mol. The Balaban J connectivity index is 1.77. The van der Waals surface area contributed by atoms with Crippen LogP contribution in [0.2, 0.25) is 0 Å². The minimum atomic E-state index is -3.79. The Morgan fingerprint density at radius 3 is 2.21 bits per heavy atom. The van der Waals surface area contributed by atoms with E-state index in [9.17, 15) is 23.3 Å². The molecule has 0 atom stereocenters. The van der Waals surface area contributed by atoms with E-state index in [2.05, 4.69) is 10.0 Å². The average Bonchev–Trinajstić information content (AvgIpc) is 2.70. The number of carbonyl (C=O) groups is 1. The minimum absolute atomic E-state index is 0.00410. The lowest BCUT2D eigenvalue weighted by molar-refractivity contribution is -0.385. The van der Waals surface area contributed by atoms with Crippen molar-refractivity contribution in [2.24, 2.45) is 0 Å². The molecule has 0 aliphatic rings. The number of nitro benzene ring substituents is 1. The van der Waals surface area contributed by atoms with Crippen molar-refractivity contribution in [3.05, 3.63) is 94.0 Å². The van der Waals surface area contributed by atoms with E-state index in [4.69, 9.17) is 0 Å². The molecule has 29 heavy (non-hydrogen) atoms. The van der Waals surface area contributed by atoms with Crippen molar-refractivity contribution in [3.8, 4) is 0 Å². The molecule has 0 aliphatic carbocycles. The Hall–Kier alpha value is -3.72. The van der Waals surface area contributed by atoms with E-state index in [0.29, 0.717) is 16.9 Å². The Labute approximate surface area is 167 Å². The molecule has 2 N–H and O–H groups in total. The van der Waals surface area contributed by atoms with E-state index in [1.165, 1.54) is 36.4 Å². The van der Waals surface area contributed by atoms with Gasteiger partial charge in [-0.15, -0.1) is 0 Å². The maximum Gasteiger partial charge on any atom is 0.274 e. The summed E-state index contributed by atoms with van der Waals surface area (Å²) in [5, 5.41) is 13.6. The number of nitro groups is 1. The number of para-hydroxylation sites is 1. The van der Waals surface area contributed by atoms with Crippen LogP contribution in [0.5, 0.6) is 0 Å². The fourth-order valence-corrected chi connectivity index (χ4v) is 3.72. The van der Waals surface area contributed by atoms with Gasteiger partial charge >= 0.3 is 0 Å². The van der Waals surface area contributed by atoms with Crippen LogP contribution in [-0.4, -0.2) is 19.2 Å². The van der Waals surface area contributed by atoms with Crippen molar-refractivity contribution < 1.29 is 18.1 Å². The van der Waals surface area contributed by atoms with Gasteiger partial charge in [-0.25, -0.2) is 8.42 Å². The molecular formula is C20H17N3O5S. The predicted molar refractivity (Wildman–Crippen MR) is 109 cm³/mol. The molecule has 8 nitrogen and oxygen atoms in total. The van der Waals surface area contributed by atoms with Crippen molar-refractivity contribution in [3.63, 3.8) is 0 Å². The number of nitrogens with one attached hydrogen (secondary N) is 2. The van der Waals surface area contributed by atoms with Gasteiger partial charge in [0.15, 0.2) is 0 Å². The Bertz CT molecular complexity index is 1160. The molecule has 0 saturated heterocycles. The highest BCUT2D eigenvalue weighted by molar-refractivity contribution is 7.92. The molecule has 1 amide bonds. The third-order valence-corrected chi connectivity index (χ3v) is 5.60. The summed E-state index contributed by atoms with van der Waals surface area (Å²) in [4.78, 5) is 23.0. The zero-order valence-corrected chi connectivity index (χ0v) is 16.1. The number of carbonyl (C=O) groups excluding carboxylic acids is 1. The number of anilines is 2. The van der Waals surface area contributed by atoms with E-state index >= 15 is 0 Å². The highest BCUT2D eigenvalue weighted by Gasteiger charge is 2.17. The quantitative estimate of drug-likeness (QED) is 0.470. The smallest absolute Gasteiger partial charge is 0.274 e. The first-order valence-corrected chi connectivity index (χ1v) is 9.99. The van der Waals surface area contributed by atoms with Crippen LogP contribution in [0.4, 0.5) is 17.1 Å². The number of sulfonamides is 1. The minimum Gasteiger partial charge on any atom is -0.321 e. The number of hydrogen-bond donors (Lipinski definition) is 2. The Morgan fingerprint density at radius 1 is 0.931 bits per heavy atom. The van der Waals surface area contributed by atoms with Crippen molar-refractivity contribution in [1.82, 2.24) is 0 Å². The van der Waals surface area contributed by atoms with E-state index in [1.54, 1.807) is 43.3 Å². The first-order valence-electron chi connectivity index (χ1n) is 8.51. The number of benzene rings is 3. The van der Waals surface area contributed by atoms with Crippen molar-refractivity contribution in [2.45, 2.75) is 11.8 Å². The SMILES string of the molecule is Cc1c(NC(=O)c2ccc(S(=O)(=O)Nc3ccccc3)cc2)cccc1[N+](=O)[O-]. The van der Waals surface area contributed by atoms with Gasteiger partial charge in [0.2, 0.25) is 0 Å². The largest absolute Gasteiger partial charge is 0.321 e. The molecule has 148 valence electrons. The lowest BCUT2D eigenvalue weighted by atomic mass is 10.1. The molecule has 0 bridgehead atoms. The molecular weight excluding hydrogens is 394 g/mol. The zero-order valence-electron chi connectivity index (χ0n) is 15.3. The van der Waals surface area contributed by atoms with Crippen LogP contribution in [0.15, 0.2) is 77.7 Å². The van der Waals surface area contributed by atoms with Gasteiger partial charge in [0.25, 0.3) is 21.6 Å². The first kappa shape index (κ1) is 20.0. The summed E-state index contributed by atoms with van der Waals surface area (Å²) in [5.74, 6) is -0.506. The topological polar surface area (TPSA) is 118 Å². The summed E-state index contributed by atoms with van der Waals surface area (Å²) >= 11 is 0. The number of nitrogens with zero attached hydrogens (tertiary/aromatic N) is 1. The number of rotatable bonds is 6. The lowest BCUT2D eigenvalue weighted by Crippen LogP contribution is -2.15. The monoisotopic (exact) mass is 411 g/mol. The summed E-state index contributed by atoms with van der Waals surface area (Å²) in [6.45, 7) is 1.54. The summed E-state index contributed by atoms with van der Waals surface area (Å²) in [6, 6.07) is 18.2. The fourth-order valence-electron chi connectivity index (χ4n) is 2.66. The second-order valence-electron chi connectivity index (χ2n) is 6.16. The highest BCUT2D eigenvalue weighted by atomic mass is 32.2. The second kappa shape index (κ2) is 8.11. The standard InChI is InChI=1S/C20H17N3O5S/c1-14-18(8-5-9-19(14)23(25)26)21-20(24)15-10-12-17(13-11-15)29(27,28)22-16-6-3-2-4-7-16/h2-13,22H,1H3,(H,21,24). The second-order valence-corrected chi connectivity index (χ2v) is 7.84. The molecule has 0 radical (unpaired) electrons. The maximum atomic E-state index is 12.5. The van der Waals surface area contributed by atoms with Crippen LogP contribution < -0.4 is 10.0 Å². The fraction of sp³-hybridized carbons (Fsp3) is 0.0500. The lowest BCUT2D eigenvalue weighted by Gasteiger charge is -2.10. The van der Waals surface area contributed by atoms with Gasteiger partial charge < -0.3 is 5.32 Å². The van der Waals surface area contributed by atoms with Gasteiger partial charge in [0.1, 0.15) is 0 Å². The summed E-state index contributed by atoms with van der Waals surface area (Å²) < 4.78 is 27.3. The van der Waals surface area contributed by atoms with Gasteiger partial charge in [0.05, 0.1) is 21.1 Å². The van der Waals surface area contributed by atoms with Gasteiger partial charge in [-0.05, 0) is 49.4 Å². The zero-order chi connectivity index (χ0) is 21.0. The van der Waals surface area contributed by atoms with Gasteiger partial charge in [-0.3, -0.25) is 19.6 Å².